The molecule has 0 spiro atoms. The maximum atomic E-state index is 12.5. The van der Waals surface area contributed by atoms with E-state index in [1.807, 2.05) is 0 Å². The number of benzene rings is 1. The largest absolute Gasteiger partial charge is 0.490 e. The highest BCUT2D eigenvalue weighted by Crippen LogP contribution is 2.30. The minimum Gasteiger partial charge on any atom is -0.490 e. The van der Waals surface area contributed by atoms with E-state index in [1.54, 1.807) is 25.1 Å². The number of nitrogens with zero attached hydrogens (tertiary/aromatic N) is 2. The van der Waals surface area contributed by atoms with E-state index in [-0.39, 0.29) is 23.4 Å². The van der Waals surface area contributed by atoms with E-state index in [0.29, 0.717) is 18.7 Å². The minimum absolute atomic E-state index is 0.0274. The average molecular weight is 411 g/mol. The fraction of sp³-hybridized carbons (Fsp3) is 0.571. The third-order valence-electron chi connectivity index (χ3n) is 4.96. The molecule has 6 nitrogen and oxygen atoms in total. The number of carbonyl (C=O) groups excluding carboxylic acids is 1. The Morgan fingerprint density at radius 3 is 2.55 bits per heavy atom. The Morgan fingerprint density at radius 2 is 1.93 bits per heavy atom. The van der Waals surface area contributed by atoms with Crippen LogP contribution in [-0.2, 0) is 4.79 Å². The zero-order valence-electron chi connectivity index (χ0n) is 17.4. The lowest BCUT2D eigenvalue weighted by Gasteiger charge is -2.37. The van der Waals surface area contributed by atoms with Gasteiger partial charge < -0.3 is 19.7 Å². The predicted molar refractivity (Wildman–Crippen MR) is 109 cm³/mol. The quantitative estimate of drug-likeness (QED) is 0.600. The van der Waals surface area contributed by atoms with E-state index in [0.717, 1.165) is 32.7 Å². The molecule has 1 amide bonds. The van der Waals surface area contributed by atoms with Crippen LogP contribution in [0, 0.1) is 0 Å². The van der Waals surface area contributed by atoms with Gasteiger partial charge in [0.2, 0.25) is 5.91 Å². The average Bonchev–Trinajstić information content (AvgIpc) is 2.72. The third-order valence-corrected chi connectivity index (χ3v) is 4.96. The number of nitrogens with one attached hydrogen (secondary N) is 1. The van der Waals surface area contributed by atoms with Gasteiger partial charge in [-0.2, -0.15) is 8.78 Å². The summed E-state index contributed by atoms with van der Waals surface area (Å²) in [6, 6.07) is 4.84. The maximum Gasteiger partial charge on any atom is 0.387 e. The van der Waals surface area contributed by atoms with Gasteiger partial charge in [0.25, 0.3) is 0 Å². The van der Waals surface area contributed by atoms with Gasteiger partial charge >= 0.3 is 6.61 Å². The first kappa shape index (κ1) is 23.1. The topological polar surface area (TPSA) is 54.0 Å². The highest BCUT2D eigenvalue weighted by Gasteiger charge is 2.20. The molecule has 1 atom stereocenters. The number of carbonyl (C=O) groups is 1. The zero-order valence-corrected chi connectivity index (χ0v) is 17.4. The molecule has 1 N–H and O–H groups in total. The van der Waals surface area contributed by atoms with Gasteiger partial charge in [0.1, 0.15) is 0 Å². The van der Waals surface area contributed by atoms with Gasteiger partial charge in [-0.3, -0.25) is 9.69 Å². The molecular formula is C21H31F2N3O3. The first-order chi connectivity index (χ1) is 13.9. The van der Waals surface area contributed by atoms with Crippen LogP contribution in [0.25, 0.3) is 6.08 Å². The van der Waals surface area contributed by atoms with Crippen LogP contribution >= 0.6 is 0 Å². The van der Waals surface area contributed by atoms with Crippen LogP contribution in [0.15, 0.2) is 24.3 Å². The van der Waals surface area contributed by atoms with E-state index in [4.69, 9.17) is 4.74 Å². The summed E-state index contributed by atoms with van der Waals surface area (Å²) < 4.78 is 34.7. The predicted octanol–water partition coefficient (Wildman–Crippen LogP) is 2.84. The molecule has 0 radical (unpaired) electrons. The second-order valence-corrected chi connectivity index (χ2v) is 6.92. The van der Waals surface area contributed by atoms with E-state index >= 15 is 0 Å². The first-order valence-corrected chi connectivity index (χ1v) is 10.1. The Balaban J connectivity index is 1.85. The van der Waals surface area contributed by atoms with Crippen molar-refractivity contribution in [2.45, 2.75) is 33.4 Å². The Morgan fingerprint density at radius 1 is 1.21 bits per heavy atom. The lowest BCUT2D eigenvalue weighted by Crippen LogP contribution is -2.52. The summed E-state index contributed by atoms with van der Waals surface area (Å²) in [6.45, 7) is 9.21. The highest BCUT2D eigenvalue weighted by atomic mass is 19.3. The summed E-state index contributed by atoms with van der Waals surface area (Å²) in [6.07, 6.45) is 3.05. The Bertz CT molecular complexity index is 677. The molecule has 29 heavy (non-hydrogen) atoms. The van der Waals surface area contributed by atoms with Gasteiger partial charge in [-0.15, -0.1) is 0 Å². The van der Waals surface area contributed by atoms with Crippen molar-refractivity contribution in [3.63, 3.8) is 0 Å². The van der Waals surface area contributed by atoms with Crippen molar-refractivity contribution in [1.82, 2.24) is 15.1 Å². The molecule has 1 saturated heterocycles. The minimum atomic E-state index is -2.92. The van der Waals surface area contributed by atoms with Crippen LogP contribution < -0.4 is 14.8 Å². The van der Waals surface area contributed by atoms with Crippen molar-refractivity contribution in [2.24, 2.45) is 0 Å². The summed E-state index contributed by atoms with van der Waals surface area (Å²) in [5.41, 5.74) is 0.661. The van der Waals surface area contributed by atoms with Gasteiger partial charge in [-0.25, -0.2) is 0 Å². The monoisotopic (exact) mass is 411 g/mol. The number of amides is 1. The Labute approximate surface area is 171 Å². The SMILES string of the molecule is CCOc1cc(/C=C/C(=O)NCC(C)N2CCN(CC)CC2)ccc1OC(F)F. The number of rotatable bonds is 10. The Kier molecular flexibility index (Phi) is 9.34. The number of hydrogen-bond acceptors (Lipinski definition) is 5. The molecule has 1 aromatic carbocycles. The molecule has 0 aliphatic carbocycles. The lowest BCUT2D eigenvalue weighted by molar-refractivity contribution is -0.116. The fourth-order valence-corrected chi connectivity index (χ4v) is 3.22. The van der Waals surface area contributed by atoms with E-state index in [2.05, 4.69) is 33.7 Å². The molecule has 1 unspecified atom stereocenters. The number of alkyl halides is 2. The van der Waals surface area contributed by atoms with Crippen molar-refractivity contribution in [3.8, 4) is 11.5 Å². The van der Waals surface area contributed by atoms with Crippen molar-refractivity contribution in [2.75, 3.05) is 45.9 Å². The summed E-state index contributed by atoms with van der Waals surface area (Å²) >= 11 is 0. The maximum absolute atomic E-state index is 12.5. The summed E-state index contributed by atoms with van der Waals surface area (Å²) in [7, 11) is 0. The number of piperazine rings is 1. The highest BCUT2D eigenvalue weighted by molar-refractivity contribution is 5.91. The molecule has 1 aliphatic heterocycles. The van der Waals surface area contributed by atoms with Crippen LogP contribution in [0.4, 0.5) is 8.78 Å². The standard InChI is InChI=1S/C21H31F2N3O3/c1-4-25-10-12-26(13-11-25)16(3)15-24-20(27)9-7-17-6-8-18(29-21(22)23)19(14-17)28-5-2/h6-9,14,16,21H,4-5,10-13,15H2,1-3H3,(H,24,27)/b9-7+. The second kappa shape index (κ2) is 11.7. The molecule has 2 rings (SSSR count). The lowest BCUT2D eigenvalue weighted by atomic mass is 10.2. The number of halogens is 2. The molecule has 162 valence electrons. The number of likely N-dealkylation sites (N-methyl/N-ethyl adjacent to an activating group) is 1. The summed E-state index contributed by atoms with van der Waals surface area (Å²) in [5, 5.41) is 2.92. The van der Waals surface area contributed by atoms with E-state index in [1.165, 1.54) is 12.1 Å². The van der Waals surface area contributed by atoms with Crippen molar-refractivity contribution in [3.05, 3.63) is 29.8 Å². The molecule has 1 aliphatic rings. The van der Waals surface area contributed by atoms with Crippen molar-refractivity contribution >= 4 is 12.0 Å². The van der Waals surface area contributed by atoms with Gasteiger partial charge in [-0.1, -0.05) is 13.0 Å². The molecule has 1 fully saturated rings. The molecular weight excluding hydrogens is 380 g/mol. The van der Waals surface area contributed by atoms with Crippen LogP contribution in [-0.4, -0.2) is 74.2 Å². The molecule has 0 bridgehead atoms. The van der Waals surface area contributed by atoms with Gasteiger partial charge in [-0.05, 0) is 44.2 Å². The zero-order chi connectivity index (χ0) is 21.2. The smallest absolute Gasteiger partial charge is 0.387 e. The van der Waals surface area contributed by atoms with Gasteiger partial charge in [0, 0.05) is 44.8 Å². The molecule has 8 heteroatoms. The van der Waals surface area contributed by atoms with Crippen LogP contribution in [0.3, 0.4) is 0 Å². The third kappa shape index (κ3) is 7.62. The summed E-state index contributed by atoms with van der Waals surface area (Å²) in [5.74, 6) is -0.00874. The molecule has 0 aromatic heterocycles. The van der Waals surface area contributed by atoms with Crippen molar-refractivity contribution in [1.29, 1.82) is 0 Å². The number of hydrogen-bond donors (Lipinski definition) is 1. The second-order valence-electron chi connectivity index (χ2n) is 6.92. The molecule has 1 aromatic rings. The fourth-order valence-electron chi connectivity index (χ4n) is 3.22. The molecule has 0 saturated carbocycles. The van der Waals surface area contributed by atoms with E-state index < -0.39 is 6.61 Å². The van der Waals surface area contributed by atoms with Crippen LogP contribution in [0.1, 0.15) is 26.3 Å². The Hall–Kier alpha value is -2.19. The molecule has 1 heterocycles. The number of ether oxygens (including phenoxy) is 2. The van der Waals surface area contributed by atoms with Crippen LogP contribution in [0.2, 0.25) is 0 Å². The first-order valence-electron chi connectivity index (χ1n) is 10.1. The van der Waals surface area contributed by atoms with E-state index in [9.17, 15) is 13.6 Å². The normalized spacial score (nSPS) is 16.9. The summed E-state index contributed by atoms with van der Waals surface area (Å²) in [4.78, 5) is 16.9. The van der Waals surface area contributed by atoms with Crippen molar-refractivity contribution < 1.29 is 23.0 Å². The van der Waals surface area contributed by atoms with Gasteiger partial charge in [0.05, 0.1) is 6.61 Å². The van der Waals surface area contributed by atoms with Crippen LogP contribution in [0.5, 0.6) is 11.5 Å². The van der Waals surface area contributed by atoms with Gasteiger partial charge in [0.15, 0.2) is 11.5 Å².